The normalized spacial score (nSPS) is 32.2. The van der Waals surface area contributed by atoms with Crippen molar-refractivity contribution in [2.24, 2.45) is 11.8 Å². The van der Waals surface area contributed by atoms with Crippen LogP contribution in [0.2, 0.25) is 0 Å². The number of ether oxygens (including phenoxy) is 1. The monoisotopic (exact) mass is 428 g/mol. The average molecular weight is 429 g/mol. The van der Waals surface area contributed by atoms with Crippen molar-refractivity contribution in [1.82, 2.24) is 0 Å². The molecule has 5 nitrogen and oxygen atoms in total. The summed E-state index contributed by atoms with van der Waals surface area (Å²) < 4.78 is 6.63. The first-order valence-corrected chi connectivity index (χ1v) is 11.2. The van der Waals surface area contributed by atoms with Crippen molar-refractivity contribution >= 4 is 5.78 Å². The van der Waals surface area contributed by atoms with Crippen LogP contribution in [0.25, 0.3) is 0 Å². The Balaban J connectivity index is 1.80. The number of ketones is 1. The van der Waals surface area contributed by atoms with Gasteiger partial charge in [-0.3, -0.25) is 10.1 Å². The number of fused-ring (bicyclic) bond motifs is 1. The molecular weight excluding hydrogens is 392 g/mol. The Labute approximate surface area is 185 Å². The van der Waals surface area contributed by atoms with Gasteiger partial charge in [-0.25, -0.2) is 4.89 Å². The Bertz CT molecular complexity index is 846. The standard InChI is InChI=1S/C26H36O5/c1-16(2)25(31-29)7-6-17(3)8-22-9-18(4)12-26(30-22)13-20-10-19(5)24(28)11-23(20)21(14-26)15-27/h8,10,12,14,20,22-23,25,27,29H,1,6-7,9,11,13,15H2,2-5H3. The number of aliphatic hydroxyl groups excluding tert-OH is 1. The second kappa shape index (κ2) is 9.78. The van der Waals surface area contributed by atoms with E-state index in [1.807, 2.05) is 13.8 Å². The van der Waals surface area contributed by atoms with Gasteiger partial charge >= 0.3 is 0 Å². The van der Waals surface area contributed by atoms with Crippen molar-refractivity contribution in [3.05, 3.63) is 58.7 Å². The van der Waals surface area contributed by atoms with E-state index < -0.39 is 5.60 Å². The molecule has 0 saturated heterocycles. The topological polar surface area (TPSA) is 76.0 Å². The van der Waals surface area contributed by atoms with Crippen molar-refractivity contribution in [3.63, 3.8) is 0 Å². The molecule has 2 N–H and O–H groups in total. The van der Waals surface area contributed by atoms with E-state index in [2.05, 4.69) is 49.6 Å². The minimum Gasteiger partial charge on any atom is -0.392 e. The van der Waals surface area contributed by atoms with Crippen LogP contribution in [-0.2, 0) is 14.4 Å². The molecule has 0 aromatic rings. The van der Waals surface area contributed by atoms with Crippen LogP contribution in [-0.4, -0.2) is 40.6 Å². The zero-order valence-corrected chi connectivity index (χ0v) is 19.2. The molecule has 5 atom stereocenters. The number of aliphatic hydroxyl groups is 1. The number of Topliss-reactive ketones (excluding diaryl/α,β-unsaturated/α-hetero) is 1. The summed E-state index contributed by atoms with van der Waals surface area (Å²) in [4.78, 5) is 16.7. The number of hydrogen-bond acceptors (Lipinski definition) is 5. The first kappa shape index (κ1) is 23.9. The molecule has 1 heterocycles. The maximum Gasteiger partial charge on any atom is 0.158 e. The molecule has 31 heavy (non-hydrogen) atoms. The van der Waals surface area contributed by atoms with Gasteiger partial charge in [0.15, 0.2) is 5.78 Å². The molecule has 2 aliphatic carbocycles. The molecule has 1 spiro atoms. The quantitative estimate of drug-likeness (QED) is 0.335. The molecule has 0 amide bonds. The summed E-state index contributed by atoms with van der Waals surface area (Å²) in [6.07, 6.45) is 11.6. The zero-order chi connectivity index (χ0) is 22.8. The summed E-state index contributed by atoms with van der Waals surface area (Å²) in [7, 11) is 0. The molecule has 0 radical (unpaired) electrons. The van der Waals surface area contributed by atoms with E-state index in [1.54, 1.807) is 0 Å². The fourth-order valence-corrected chi connectivity index (χ4v) is 5.24. The molecule has 0 fully saturated rings. The van der Waals surface area contributed by atoms with E-state index >= 15 is 0 Å². The molecule has 3 aliphatic rings. The minimum absolute atomic E-state index is 0.0533. The number of hydrogen-bond donors (Lipinski definition) is 2. The van der Waals surface area contributed by atoms with Gasteiger partial charge in [0, 0.05) is 6.42 Å². The van der Waals surface area contributed by atoms with Crippen molar-refractivity contribution in [2.75, 3.05) is 6.61 Å². The van der Waals surface area contributed by atoms with Gasteiger partial charge in [0.25, 0.3) is 0 Å². The van der Waals surface area contributed by atoms with Gasteiger partial charge in [-0.15, -0.1) is 0 Å². The van der Waals surface area contributed by atoms with Gasteiger partial charge < -0.3 is 9.84 Å². The fraction of sp³-hybridized carbons (Fsp3) is 0.577. The number of allylic oxidation sites excluding steroid dienone is 3. The van der Waals surface area contributed by atoms with Crippen LogP contribution in [0, 0.1) is 11.8 Å². The molecule has 170 valence electrons. The molecule has 5 heteroatoms. The minimum atomic E-state index is -0.561. The number of carbonyl (C=O) groups excluding carboxylic acids is 1. The molecule has 3 rings (SSSR count). The Hall–Kier alpha value is -1.79. The van der Waals surface area contributed by atoms with Gasteiger partial charge in [0.2, 0.25) is 0 Å². The molecule has 0 bridgehead atoms. The summed E-state index contributed by atoms with van der Waals surface area (Å²) in [5.74, 6) is 0.430. The van der Waals surface area contributed by atoms with Crippen molar-refractivity contribution in [3.8, 4) is 0 Å². The molecule has 0 aromatic heterocycles. The van der Waals surface area contributed by atoms with E-state index in [1.165, 1.54) is 11.1 Å². The molecule has 0 aromatic carbocycles. The predicted octanol–water partition coefficient (Wildman–Crippen LogP) is 5.10. The molecule has 5 unspecified atom stereocenters. The zero-order valence-electron chi connectivity index (χ0n) is 19.2. The highest BCUT2D eigenvalue weighted by Crippen LogP contribution is 2.46. The number of carbonyl (C=O) groups is 1. The lowest BCUT2D eigenvalue weighted by molar-refractivity contribution is -0.269. The highest BCUT2D eigenvalue weighted by atomic mass is 17.1. The Morgan fingerprint density at radius 1 is 1.35 bits per heavy atom. The summed E-state index contributed by atoms with van der Waals surface area (Å²) in [5, 5.41) is 19.1. The van der Waals surface area contributed by atoms with Crippen LogP contribution < -0.4 is 0 Å². The highest BCUT2D eigenvalue weighted by Gasteiger charge is 2.44. The smallest absolute Gasteiger partial charge is 0.158 e. The summed E-state index contributed by atoms with van der Waals surface area (Å²) in [6.45, 7) is 11.7. The van der Waals surface area contributed by atoms with Crippen molar-refractivity contribution in [1.29, 1.82) is 0 Å². The van der Waals surface area contributed by atoms with Crippen LogP contribution in [0.15, 0.2) is 58.7 Å². The van der Waals surface area contributed by atoms with E-state index in [-0.39, 0.29) is 36.4 Å². The van der Waals surface area contributed by atoms with Gasteiger partial charge in [-0.05, 0) is 94.1 Å². The third kappa shape index (κ3) is 5.53. The summed E-state index contributed by atoms with van der Waals surface area (Å²) >= 11 is 0. The second-order valence-electron chi connectivity index (χ2n) is 9.63. The molecular formula is C26H36O5. The van der Waals surface area contributed by atoms with Crippen molar-refractivity contribution in [2.45, 2.75) is 77.6 Å². The third-order valence-electron chi connectivity index (χ3n) is 6.80. The van der Waals surface area contributed by atoms with Crippen LogP contribution in [0.3, 0.4) is 0 Å². The molecule has 1 aliphatic heterocycles. The lowest BCUT2D eigenvalue weighted by Gasteiger charge is -2.45. The van der Waals surface area contributed by atoms with Gasteiger partial charge in [0.1, 0.15) is 11.7 Å². The lowest BCUT2D eigenvalue weighted by Crippen LogP contribution is -2.44. The van der Waals surface area contributed by atoms with Crippen molar-refractivity contribution < 1.29 is 24.8 Å². The first-order valence-electron chi connectivity index (χ1n) is 11.2. The maximum absolute atomic E-state index is 12.2. The lowest BCUT2D eigenvalue weighted by atomic mass is 9.66. The number of rotatable bonds is 7. The second-order valence-corrected chi connectivity index (χ2v) is 9.63. The first-order chi connectivity index (χ1) is 14.7. The third-order valence-corrected chi connectivity index (χ3v) is 6.80. The Morgan fingerprint density at radius 2 is 2.10 bits per heavy atom. The largest absolute Gasteiger partial charge is 0.392 e. The van der Waals surface area contributed by atoms with Crippen LogP contribution in [0.5, 0.6) is 0 Å². The Kier molecular flexibility index (Phi) is 7.53. The SMILES string of the molecule is C=C(C)C(CCC(C)=CC1CC(C)=CC2(C=C(CO)C3CC(=O)C(C)=CC3C2)O1)OO. The van der Waals surface area contributed by atoms with Crippen LogP contribution >= 0.6 is 0 Å². The average Bonchev–Trinajstić information content (AvgIpc) is 2.68. The maximum atomic E-state index is 12.2. The summed E-state index contributed by atoms with van der Waals surface area (Å²) in [6, 6.07) is 0. The van der Waals surface area contributed by atoms with E-state index in [0.717, 1.165) is 36.0 Å². The van der Waals surface area contributed by atoms with Gasteiger partial charge in [0.05, 0.1) is 12.7 Å². The van der Waals surface area contributed by atoms with Gasteiger partial charge in [-0.1, -0.05) is 29.9 Å². The fourth-order valence-electron chi connectivity index (χ4n) is 5.24. The van der Waals surface area contributed by atoms with E-state index in [9.17, 15) is 9.90 Å². The predicted molar refractivity (Wildman–Crippen MR) is 121 cm³/mol. The van der Waals surface area contributed by atoms with Crippen LogP contribution in [0.4, 0.5) is 0 Å². The van der Waals surface area contributed by atoms with Gasteiger partial charge in [-0.2, -0.15) is 0 Å². The van der Waals surface area contributed by atoms with E-state index in [4.69, 9.17) is 9.99 Å². The van der Waals surface area contributed by atoms with E-state index in [0.29, 0.717) is 12.8 Å². The highest BCUT2D eigenvalue weighted by molar-refractivity contribution is 5.96. The Morgan fingerprint density at radius 3 is 2.74 bits per heavy atom. The molecule has 0 saturated carbocycles. The summed E-state index contributed by atoms with van der Waals surface area (Å²) in [5.41, 5.74) is 4.40. The van der Waals surface area contributed by atoms with Crippen LogP contribution in [0.1, 0.15) is 59.8 Å².